The topological polar surface area (TPSA) is 45.8 Å². The highest BCUT2D eigenvalue weighted by Crippen LogP contribution is 2.32. The Hall–Kier alpha value is -2.46. The molecule has 0 atom stereocenters. The van der Waals surface area contributed by atoms with E-state index >= 15 is 0 Å². The highest BCUT2D eigenvalue weighted by molar-refractivity contribution is 6.30. The van der Waals surface area contributed by atoms with Crippen molar-refractivity contribution in [2.24, 2.45) is 0 Å². The van der Waals surface area contributed by atoms with Gasteiger partial charge in [-0.15, -0.1) is 0 Å². The first-order valence-corrected chi connectivity index (χ1v) is 7.06. The molecule has 0 spiro atoms. The lowest BCUT2D eigenvalue weighted by molar-refractivity contribution is 0.631. The third kappa shape index (κ3) is 2.53. The molecule has 0 radical (unpaired) electrons. The van der Waals surface area contributed by atoms with E-state index in [1.165, 1.54) is 6.07 Å². The van der Waals surface area contributed by atoms with Gasteiger partial charge >= 0.3 is 0 Å². The van der Waals surface area contributed by atoms with E-state index in [-0.39, 0.29) is 11.1 Å². The summed E-state index contributed by atoms with van der Waals surface area (Å²) < 4.78 is 14.2. The molecular formula is C17H12ClFN2O. The number of nitrogens with one attached hydrogen (secondary N) is 1. The van der Waals surface area contributed by atoms with Crippen molar-refractivity contribution in [2.45, 2.75) is 6.92 Å². The lowest BCUT2D eigenvalue weighted by atomic mass is 9.94. The summed E-state index contributed by atoms with van der Waals surface area (Å²) in [5, 5.41) is 7.01. The predicted octanol–water partition coefficient (Wildman–Crippen LogP) is 4.20. The third-order valence-electron chi connectivity index (χ3n) is 3.44. The van der Waals surface area contributed by atoms with Crippen molar-refractivity contribution < 1.29 is 4.39 Å². The van der Waals surface area contributed by atoms with E-state index in [1.54, 1.807) is 49.4 Å². The Morgan fingerprint density at radius 1 is 1.05 bits per heavy atom. The molecule has 22 heavy (non-hydrogen) atoms. The number of aryl methyl sites for hydroxylation is 1. The minimum atomic E-state index is -0.450. The normalized spacial score (nSPS) is 10.7. The van der Waals surface area contributed by atoms with Crippen LogP contribution < -0.4 is 5.56 Å². The van der Waals surface area contributed by atoms with Gasteiger partial charge in [-0.05, 0) is 30.7 Å². The van der Waals surface area contributed by atoms with Gasteiger partial charge in [0.2, 0.25) is 0 Å². The van der Waals surface area contributed by atoms with E-state index in [9.17, 15) is 9.18 Å². The van der Waals surface area contributed by atoms with Crippen molar-refractivity contribution >= 4 is 11.6 Å². The predicted molar refractivity (Wildman–Crippen MR) is 85.4 cm³/mol. The standard InChI is InChI=1S/C17H12ClFN2O/c1-10-15(11-6-8-12(18)9-7-11)16(17(22)21-20-10)13-4-2-3-5-14(13)19/h2-9H,1H3,(H,21,22). The molecule has 110 valence electrons. The van der Waals surface area contributed by atoms with Crippen molar-refractivity contribution in [1.29, 1.82) is 0 Å². The molecule has 3 nitrogen and oxygen atoms in total. The van der Waals surface area contributed by atoms with Crippen LogP contribution in [0.2, 0.25) is 5.02 Å². The Balaban J connectivity index is 2.36. The summed E-state index contributed by atoms with van der Waals surface area (Å²) in [5.41, 5.74) is 2.07. The molecule has 0 saturated heterocycles. The molecule has 2 aromatic carbocycles. The van der Waals surface area contributed by atoms with Gasteiger partial charge in [0.05, 0.1) is 11.3 Å². The van der Waals surface area contributed by atoms with Crippen LogP contribution in [0.4, 0.5) is 4.39 Å². The Morgan fingerprint density at radius 3 is 2.41 bits per heavy atom. The summed E-state index contributed by atoms with van der Waals surface area (Å²) in [7, 11) is 0. The van der Waals surface area contributed by atoms with Crippen LogP contribution in [-0.4, -0.2) is 10.2 Å². The quantitative estimate of drug-likeness (QED) is 0.770. The fourth-order valence-electron chi connectivity index (χ4n) is 2.43. The van der Waals surface area contributed by atoms with E-state index in [2.05, 4.69) is 10.2 Å². The van der Waals surface area contributed by atoms with Gasteiger partial charge in [-0.1, -0.05) is 41.9 Å². The minimum absolute atomic E-state index is 0.249. The van der Waals surface area contributed by atoms with Crippen molar-refractivity contribution in [2.75, 3.05) is 0 Å². The molecule has 0 saturated carbocycles. The molecular weight excluding hydrogens is 303 g/mol. The zero-order valence-electron chi connectivity index (χ0n) is 11.7. The highest BCUT2D eigenvalue weighted by atomic mass is 35.5. The van der Waals surface area contributed by atoms with E-state index in [1.807, 2.05) is 0 Å². The second-order valence-corrected chi connectivity index (χ2v) is 5.31. The molecule has 0 bridgehead atoms. The second-order valence-electron chi connectivity index (χ2n) is 4.87. The van der Waals surface area contributed by atoms with Gasteiger partial charge in [-0.3, -0.25) is 4.79 Å². The molecule has 1 heterocycles. The van der Waals surface area contributed by atoms with Crippen LogP contribution >= 0.6 is 11.6 Å². The van der Waals surface area contributed by atoms with Crippen LogP contribution in [-0.2, 0) is 0 Å². The van der Waals surface area contributed by atoms with Gasteiger partial charge in [0.25, 0.3) is 5.56 Å². The number of nitrogens with zero attached hydrogens (tertiary/aromatic N) is 1. The number of benzene rings is 2. The summed E-state index contributed by atoms with van der Waals surface area (Å²) in [6.45, 7) is 1.77. The summed E-state index contributed by atoms with van der Waals surface area (Å²) in [6.07, 6.45) is 0. The third-order valence-corrected chi connectivity index (χ3v) is 3.69. The molecule has 0 aliphatic rings. The number of halogens is 2. The Labute approximate surface area is 131 Å². The van der Waals surface area contributed by atoms with Crippen molar-refractivity contribution in [3.63, 3.8) is 0 Å². The lowest BCUT2D eigenvalue weighted by Crippen LogP contribution is -2.14. The first-order chi connectivity index (χ1) is 10.6. The fraction of sp³-hybridized carbons (Fsp3) is 0.0588. The van der Waals surface area contributed by atoms with Crippen LogP contribution in [0.3, 0.4) is 0 Å². The van der Waals surface area contributed by atoms with E-state index in [0.29, 0.717) is 16.3 Å². The summed E-state index contributed by atoms with van der Waals surface area (Å²) in [4.78, 5) is 12.3. The first kappa shape index (κ1) is 14.5. The van der Waals surface area contributed by atoms with Gasteiger partial charge in [-0.2, -0.15) is 5.10 Å². The zero-order chi connectivity index (χ0) is 15.7. The molecule has 3 aromatic rings. The number of hydrogen-bond donors (Lipinski definition) is 1. The van der Waals surface area contributed by atoms with Gasteiger partial charge in [0.1, 0.15) is 5.82 Å². The molecule has 1 aromatic heterocycles. The molecule has 1 N–H and O–H groups in total. The number of aromatic amines is 1. The van der Waals surface area contributed by atoms with Crippen LogP contribution in [0.1, 0.15) is 5.69 Å². The molecule has 5 heteroatoms. The van der Waals surface area contributed by atoms with Crippen molar-refractivity contribution in [3.8, 4) is 22.3 Å². The Bertz CT molecular complexity index is 888. The Morgan fingerprint density at radius 2 is 1.73 bits per heavy atom. The van der Waals surface area contributed by atoms with E-state index < -0.39 is 11.4 Å². The fourth-order valence-corrected chi connectivity index (χ4v) is 2.56. The maximum Gasteiger partial charge on any atom is 0.272 e. The Kier molecular flexibility index (Phi) is 3.77. The maximum absolute atomic E-state index is 14.2. The minimum Gasteiger partial charge on any atom is -0.267 e. The molecule has 3 rings (SSSR count). The monoisotopic (exact) mass is 314 g/mol. The smallest absolute Gasteiger partial charge is 0.267 e. The van der Waals surface area contributed by atoms with Crippen LogP contribution in [0.5, 0.6) is 0 Å². The number of aromatic nitrogens is 2. The van der Waals surface area contributed by atoms with Crippen molar-refractivity contribution in [3.05, 3.63) is 75.4 Å². The molecule has 0 aliphatic heterocycles. The first-order valence-electron chi connectivity index (χ1n) is 6.68. The van der Waals surface area contributed by atoms with Crippen molar-refractivity contribution in [1.82, 2.24) is 10.2 Å². The average molecular weight is 315 g/mol. The highest BCUT2D eigenvalue weighted by Gasteiger charge is 2.18. The number of hydrogen-bond acceptors (Lipinski definition) is 2. The molecule has 0 amide bonds. The summed E-state index contributed by atoms with van der Waals surface area (Å²) >= 11 is 5.91. The zero-order valence-corrected chi connectivity index (χ0v) is 12.5. The second kappa shape index (κ2) is 5.73. The largest absolute Gasteiger partial charge is 0.272 e. The van der Waals surface area contributed by atoms with Crippen LogP contribution in [0, 0.1) is 12.7 Å². The number of rotatable bonds is 2. The molecule has 0 unspecified atom stereocenters. The van der Waals surface area contributed by atoms with Gasteiger partial charge in [0.15, 0.2) is 0 Å². The average Bonchev–Trinajstić information content (AvgIpc) is 2.51. The maximum atomic E-state index is 14.2. The van der Waals surface area contributed by atoms with E-state index in [4.69, 9.17) is 11.6 Å². The summed E-state index contributed by atoms with van der Waals surface area (Å²) in [5.74, 6) is -0.450. The van der Waals surface area contributed by atoms with Gasteiger partial charge in [0, 0.05) is 16.1 Å². The number of H-pyrrole nitrogens is 1. The van der Waals surface area contributed by atoms with Crippen LogP contribution in [0.15, 0.2) is 53.3 Å². The summed E-state index contributed by atoms with van der Waals surface area (Å²) in [6, 6.07) is 13.2. The van der Waals surface area contributed by atoms with Crippen LogP contribution in [0.25, 0.3) is 22.3 Å². The molecule has 0 fully saturated rings. The van der Waals surface area contributed by atoms with Gasteiger partial charge in [-0.25, -0.2) is 9.49 Å². The SMILES string of the molecule is Cc1n[nH]c(=O)c(-c2ccccc2F)c1-c1ccc(Cl)cc1. The van der Waals surface area contributed by atoms with E-state index in [0.717, 1.165) is 5.56 Å². The lowest BCUT2D eigenvalue weighted by Gasteiger charge is -2.12. The van der Waals surface area contributed by atoms with Gasteiger partial charge < -0.3 is 0 Å². The molecule has 0 aliphatic carbocycles.